The first-order valence-electron chi connectivity index (χ1n) is 4.74. The maximum Gasteiger partial charge on any atom is 0.239 e. The Bertz CT molecular complexity index is 369. The SMILES string of the molecule is CNC(=O)CNc1ncnc(NC)c1OC. The highest BCUT2D eigenvalue weighted by atomic mass is 16.5. The van der Waals surface area contributed by atoms with Crippen molar-refractivity contribution in [2.45, 2.75) is 0 Å². The molecule has 0 unspecified atom stereocenters. The summed E-state index contributed by atoms with van der Waals surface area (Å²) in [6.45, 7) is 0.132. The molecule has 1 aromatic heterocycles. The van der Waals surface area contributed by atoms with Crippen LogP contribution in [0.2, 0.25) is 0 Å². The quantitative estimate of drug-likeness (QED) is 0.637. The molecule has 1 heterocycles. The molecule has 0 fully saturated rings. The number of anilines is 2. The van der Waals surface area contributed by atoms with Crippen molar-refractivity contribution < 1.29 is 9.53 Å². The lowest BCUT2D eigenvalue weighted by molar-refractivity contribution is -0.118. The minimum Gasteiger partial charge on any atom is -0.490 e. The molecule has 0 aliphatic carbocycles. The fourth-order valence-corrected chi connectivity index (χ4v) is 1.12. The van der Waals surface area contributed by atoms with E-state index in [0.717, 1.165) is 0 Å². The smallest absolute Gasteiger partial charge is 0.239 e. The van der Waals surface area contributed by atoms with Gasteiger partial charge >= 0.3 is 0 Å². The van der Waals surface area contributed by atoms with Crippen molar-refractivity contribution in [3.8, 4) is 5.75 Å². The third-order valence-corrected chi connectivity index (χ3v) is 1.94. The van der Waals surface area contributed by atoms with E-state index in [0.29, 0.717) is 17.4 Å². The molecular formula is C9H15N5O2. The fraction of sp³-hybridized carbons (Fsp3) is 0.444. The summed E-state index contributed by atoms with van der Waals surface area (Å²) >= 11 is 0. The first-order chi connectivity index (χ1) is 7.72. The lowest BCUT2D eigenvalue weighted by atomic mass is 10.4. The molecule has 16 heavy (non-hydrogen) atoms. The number of methoxy groups -OCH3 is 1. The van der Waals surface area contributed by atoms with Gasteiger partial charge in [-0.15, -0.1) is 0 Å². The van der Waals surface area contributed by atoms with E-state index in [1.807, 2.05) is 0 Å². The van der Waals surface area contributed by atoms with E-state index in [9.17, 15) is 4.79 Å². The molecule has 0 saturated heterocycles. The maximum atomic E-state index is 11.1. The lowest BCUT2D eigenvalue weighted by Crippen LogP contribution is -2.26. The summed E-state index contributed by atoms with van der Waals surface area (Å²) in [6, 6.07) is 0. The Morgan fingerprint density at radius 2 is 2.06 bits per heavy atom. The molecule has 0 aliphatic rings. The second-order valence-corrected chi connectivity index (χ2v) is 2.88. The van der Waals surface area contributed by atoms with Crippen LogP contribution in [0.25, 0.3) is 0 Å². The van der Waals surface area contributed by atoms with E-state index < -0.39 is 0 Å². The van der Waals surface area contributed by atoms with E-state index in [4.69, 9.17) is 4.74 Å². The summed E-state index contributed by atoms with van der Waals surface area (Å²) in [7, 11) is 4.82. The average Bonchev–Trinajstić information content (AvgIpc) is 2.34. The van der Waals surface area contributed by atoms with Crippen LogP contribution < -0.4 is 20.7 Å². The van der Waals surface area contributed by atoms with Crippen molar-refractivity contribution >= 4 is 17.5 Å². The van der Waals surface area contributed by atoms with Crippen molar-refractivity contribution in [1.29, 1.82) is 0 Å². The van der Waals surface area contributed by atoms with Crippen LogP contribution in [0.4, 0.5) is 11.6 Å². The molecule has 0 bridgehead atoms. The van der Waals surface area contributed by atoms with Gasteiger partial charge in [0.05, 0.1) is 13.7 Å². The summed E-state index contributed by atoms with van der Waals surface area (Å²) < 4.78 is 5.15. The van der Waals surface area contributed by atoms with Crippen LogP contribution in [0.5, 0.6) is 5.75 Å². The largest absolute Gasteiger partial charge is 0.490 e. The maximum absolute atomic E-state index is 11.1. The molecule has 7 heteroatoms. The summed E-state index contributed by atoms with van der Waals surface area (Å²) in [5.74, 6) is 1.39. The lowest BCUT2D eigenvalue weighted by Gasteiger charge is -2.11. The number of amides is 1. The molecular weight excluding hydrogens is 210 g/mol. The molecule has 1 amide bonds. The number of hydrogen-bond acceptors (Lipinski definition) is 6. The second-order valence-electron chi connectivity index (χ2n) is 2.88. The highest BCUT2D eigenvalue weighted by molar-refractivity contribution is 5.81. The van der Waals surface area contributed by atoms with Gasteiger partial charge in [0.2, 0.25) is 11.7 Å². The van der Waals surface area contributed by atoms with Gasteiger partial charge in [0, 0.05) is 14.1 Å². The zero-order valence-corrected chi connectivity index (χ0v) is 9.50. The van der Waals surface area contributed by atoms with Crippen LogP contribution in [0.1, 0.15) is 0 Å². The molecule has 88 valence electrons. The minimum absolute atomic E-state index is 0.132. The monoisotopic (exact) mass is 225 g/mol. The molecule has 0 radical (unpaired) electrons. The van der Waals surface area contributed by atoms with Crippen molar-refractivity contribution in [3.05, 3.63) is 6.33 Å². The molecule has 0 spiro atoms. The molecule has 0 atom stereocenters. The highest BCUT2D eigenvalue weighted by Gasteiger charge is 2.11. The van der Waals surface area contributed by atoms with Gasteiger partial charge in [-0.2, -0.15) is 0 Å². The second kappa shape index (κ2) is 5.74. The molecule has 0 aliphatic heterocycles. The molecule has 1 aromatic rings. The Hall–Kier alpha value is -2.05. The topological polar surface area (TPSA) is 88.2 Å². The van der Waals surface area contributed by atoms with E-state index in [2.05, 4.69) is 25.9 Å². The van der Waals surface area contributed by atoms with E-state index in [-0.39, 0.29) is 12.5 Å². The van der Waals surface area contributed by atoms with Gasteiger partial charge in [-0.1, -0.05) is 0 Å². The fourth-order valence-electron chi connectivity index (χ4n) is 1.12. The average molecular weight is 225 g/mol. The van der Waals surface area contributed by atoms with Crippen molar-refractivity contribution in [3.63, 3.8) is 0 Å². The number of rotatable bonds is 5. The van der Waals surface area contributed by atoms with Gasteiger partial charge < -0.3 is 20.7 Å². The van der Waals surface area contributed by atoms with Crippen LogP contribution >= 0.6 is 0 Å². The predicted molar refractivity (Wildman–Crippen MR) is 60.7 cm³/mol. The number of carbonyl (C=O) groups excluding carboxylic acids is 1. The van der Waals surface area contributed by atoms with Gasteiger partial charge in [0.15, 0.2) is 11.6 Å². The number of nitrogens with zero attached hydrogens (tertiary/aromatic N) is 2. The Kier molecular flexibility index (Phi) is 4.31. The van der Waals surface area contributed by atoms with Crippen LogP contribution in [0.15, 0.2) is 6.33 Å². The number of nitrogens with one attached hydrogen (secondary N) is 3. The molecule has 1 rings (SSSR count). The van der Waals surface area contributed by atoms with Crippen LogP contribution in [0, 0.1) is 0 Å². The van der Waals surface area contributed by atoms with Gasteiger partial charge in [-0.05, 0) is 0 Å². The van der Waals surface area contributed by atoms with E-state index in [1.165, 1.54) is 13.4 Å². The Morgan fingerprint density at radius 1 is 1.38 bits per heavy atom. The van der Waals surface area contributed by atoms with E-state index in [1.54, 1.807) is 14.1 Å². The number of hydrogen-bond donors (Lipinski definition) is 3. The molecule has 0 aromatic carbocycles. The summed E-state index contributed by atoms with van der Waals surface area (Å²) in [5, 5.41) is 8.23. The Labute approximate surface area is 93.6 Å². The van der Waals surface area contributed by atoms with Crippen LogP contribution in [-0.4, -0.2) is 43.6 Å². The minimum atomic E-state index is -0.133. The van der Waals surface area contributed by atoms with Gasteiger partial charge in [0.25, 0.3) is 0 Å². The first-order valence-corrected chi connectivity index (χ1v) is 4.74. The number of aromatic nitrogens is 2. The number of ether oxygens (including phenoxy) is 1. The Morgan fingerprint density at radius 3 is 2.62 bits per heavy atom. The van der Waals surface area contributed by atoms with Crippen molar-refractivity contribution in [2.24, 2.45) is 0 Å². The zero-order chi connectivity index (χ0) is 12.0. The normalized spacial score (nSPS) is 9.44. The van der Waals surface area contributed by atoms with Crippen molar-refractivity contribution in [2.75, 3.05) is 38.4 Å². The third kappa shape index (κ3) is 2.72. The zero-order valence-electron chi connectivity index (χ0n) is 9.50. The Balaban J connectivity index is 2.82. The summed E-state index contributed by atoms with van der Waals surface area (Å²) in [4.78, 5) is 19.1. The van der Waals surface area contributed by atoms with Gasteiger partial charge in [-0.25, -0.2) is 9.97 Å². The standard InChI is InChI=1S/C9H15N5O2/c1-10-6(15)4-12-9-7(16-3)8(11-2)13-5-14-9/h5H,4H2,1-3H3,(H,10,15)(H2,11,12,13,14). The van der Waals surface area contributed by atoms with Crippen LogP contribution in [0.3, 0.4) is 0 Å². The highest BCUT2D eigenvalue weighted by Crippen LogP contribution is 2.27. The van der Waals surface area contributed by atoms with Crippen LogP contribution in [-0.2, 0) is 4.79 Å². The summed E-state index contributed by atoms with van der Waals surface area (Å²) in [5.41, 5.74) is 0. The van der Waals surface area contributed by atoms with E-state index >= 15 is 0 Å². The van der Waals surface area contributed by atoms with Crippen molar-refractivity contribution in [1.82, 2.24) is 15.3 Å². The predicted octanol–water partition coefficient (Wildman–Crippen LogP) is -0.315. The first kappa shape index (κ1) is 12.0. The van der Waals surface area contributed by atoms with Gasteiger partial charge in [0.1, 0.15) is 6.33 Å². The van der Waals surface area contributed by atoms with Gasteiger partial charge in [-0.3, -0.25) is 4.79 Å². The number of likely N-dealkylation sites (N-methyl/N-ethyl adjacent to an activating group) is 1. The number of carbonyl (C=O) groups is 1. The third-order valence-electron chi connectivity index (χ3n) is 1.94. The molecule has 7 nitrogen and oxygen atoms in total. The molecule has 3 N–H and O–H groups in total. The molecule has 0 saturated carbocycles. The summed E-state index contributed by atoms with van der Waals surface area (Å²) in [6.07, 6.45) is 1.39.